The van der Waals surface area contributed by atoms with Gasteiger partial charge in [-0.1, -0.05) is 12.1 Å². The van der Waals surface area contributed by atoms with Crippen molar-refractivity contribution in [1.29, 1.82) is 0 Å². The first kappa shape index (κ1) is 22.2. The third-order valence-electron chi connectivity index (χ3n) is 4.92. The molecule has 1 fully saturated rings. The number of carbonyl (C=O) groups is 1. The van der Waals surface area contributed by atoms with Gasteiger partial charge in [-0.3, -0.25) is 4.79 Å². The molecule has 2 rings (SSSR count). The van der Waals surface area contributed by atoms with E-state index < -0.39 is 10.0 Å². The lowest BCUT2D eigenvalue weighted by atomic mass is 9.93. The van der Waals surface area contributed by atoms with Gasteiger partial charge in [-0.15, -0.1) is 0 Å². The Morgan fingerprint density at radius 3 is 2.36 bits per heavy atom. The Morgan fingerprint density at radius 2 is 1.82 bits per heavy atom. The quantitative estimate of drug-likeness (QED) is 0.459. The molecule has 0 saturated carbocycles. The van der Waals surface area contributed by atoms with Crippen LogP contribution in [0.5, 0.6) is 0 Å². The Balaban J connectivity index is 1.98. The van der Waals surface area contributed by atoms with Crippen LogP contribution in [0.1, 0.15) is 31.7 Å². The number of rotatable bonds is 7. The first-order valence-corrected chi connectivity index (χ1v) is 11.1. The highest BCUT2D eigenvalue weighted by atomic mass is 32.2. The predicted octanol–water partition coefficient (Wildman–Crippen LogP) is 0.908. The number of nitrogens with zero attached hydrogens (tertiary/aromatic N) is 2. The number of piperidine rings is 1. The highest BCUT2D eigenvalue weighted by Gasteiger charge is 2.23. The van der Waals surface area contributed by atoms with Gasteiger partial charge in [-0.25, -0.2) is 18.1 Å². The molecule has 0 spiro atoms. The molecular weight excluding hydrogens is 378 g/mol. The second-order valence-corrected chi connectivity index (χ2v) is 8.72. The maximum absolute atomic E-state index is 11.8. The molecule has 3 N–H and O–H groups in total. The summed E-state index contributed by atoms with van der Waals surface area (Å²) >= 11 is 0. The van der Waals surface area contributed by atoms with Gasteiger partial charge in [-0.05, 0) is 50.4 Å². The van der Waals surface area contributed by atoms with Crippen LogP contribution < -0.4 is 15.4 Å². The number of sulfonamides is 1. The zero-order chi connectivity index (χ0) is 20.6. The fourth-order valence-electron chi connectivity index (χ4n) is 3.20. The number of carbonyl (C=O) groups excluding carboxylic acids is 1. The maximum Gasteiger partial charge on any atom is 0.240 e. The first-order valence-electron chi connectivity index (χ1n) is 9.66. The summed E-state index contributed by atoms with van der Waals surface area (Å²) in [7, 11) is -0.351. The van der Waals surface area contributed by atoms with Gasteiger partial charge in [0.15, 0.2) is 5.96 Å². The largest absolute Gasteiger partial charge is 0.359 e. The number of benzene rings is 1. The molecule has 0 aromatic heterocycles. The molecule has 1 heterocycles. The fourth-order valence-corrected chi connectivity index (χ4v) is 3.93. The molecular formula is C19H31N5O3S. The van der Waals surface area contributed by atoms with E-state index in [1.807, 2.05) is 6.92 Å². The Bertz CT molecular complexity index is 769. The van der Waals surface area contributed by atoms with Crippen molar-refractivity contribution >= 4 is 21.9 Å². The van der Waals surface area contributed by atoms with E-state index in [-0.39, 0.29) is 10.8 Å². The molecule has 1 amide bonds. The summed E-state index contributed by atoms with van der Waals surface area (Å²) in [5.74, 6) is 1.37. The lowest BCUT2D eigenvalue weighted by Gasteiger charge is -2.34. The van der Waals surface area contributed by atoms with Crippen LogP contribution in [0, 0.1) is 5.92 Å². The minimum atomic E-state index is -3.42. The molecule has 1 aliphatic rings. The van der Waals surface area contributed by atoms with Gasteiger partial charge in [0.2, 0.25) is 15.9 Å². The molecule has 0 radical (unpaired) electrons. The Kier molecular flexibility index (Phi) is 8.25. The van der Waals surface area contributed by atoms with E-state index >= 15 is 0 Å². The Morgan fingerprint density at radius 1 is 1.18 bits per heavy atom. The first-order chi connectivity index (χ1) is 13.4. The number of nitrogens with one attached hydrogen (secondary N) is 3. The molecule has 1 aromatic carbocycles. The van der Waals surface area contributed by atoms with Crippen molar-refractivity contribution in [1.82, 2.24) is 20.3 Å². The third kappa shape index (κ3) is 6.20. The van der Waals surface area contributed by atoms with Gasteiger partial charge in [0.1, 0.15) is 0 Å². The average Bonchev–Trinajstić information content (AvgIpc) is 2.72. The van der Waals surface area contributed by atoms with Crippen molar-refractivity contribution in [3.05, 3.63) is 29.8 Å². The SMILES string of the molecule is CCNC(=NCc1ccc(S(=O)(=O)NC)cc1)N1CCC(CC(=O)NC)CC1. The van der Waals surface area contributed by atoms with Crippen LogP contribution in [0.4, 0.5) is 0 Å². The molecule has 1 saturated heterocycles. The van der Waals surface area contributed by atoms with Crippen molar-refractivity contribution in [3.63, 3.8) is 0 Å². The molecule has 0 atom stereocenters. The number of aliphatic imine (C=N–C) groups is 1. The van der Waals surface area contributed by atoms with Crippen LogP contribution in [-0.2, 0) is 21.4 Å². The van der Waals surface area contributed by atoms with Crippen LogP contribution in [0.15, 0.2) is 34.2 Å². The summed E-state index contributed by atoms with van der Waals surface area (Å²) in [5, 5.41) is 6.02. The van der Waals surface area contributed by atoms with Gasteiger partial charge >= 0.3 is 0 Å². The molecule has 9 heteroatoms. The fraction of sp³-hybridized carbons (Fsp3) is 0.579. The third-order valence-corrected chi connectivity index (χ3v) is 6.35. The van der Waals surface area contributed by atoms with Crippen molar-refractivity contribution < 1.29 is 13.2 Å². The summed E-state index contributed by atoms with van der Waals surface area (Å²) < 4.78 is 25.9. The van der Waals surface area contributed by atoms with Crippen LogP contribution in [0.2, 0.25) is 0 Å². The van der Waals surface area contributed by atoms with E-state index in [2.05, 4.69) is 20.3 Å². The number of guanidine groups is 1. The molecule has 1 aromatic rings. The summed E-state index contributed by atoms with van der Waals surface area (Å²) in [4.78, 5) is 18.7. The second kappa shape index (κ2) is 10.4. The minimum absolute atomic E-state index is 0.0998. The average molecular weight is 410 g/mol. The molecule has 8 nitrogen and oxygen atoms in total. The summed E-state index contributed by atoms with van der Waals surface area (Å²) in [5.41, 5.74) is 0.944. The van der Waals surface area contributed by atoms with Gasteiger partial charge < -0.3 is 15.5 Å². The van der Waals surface area contributed by atoms with Crippen LogP contribution in [0.3, 0.4) is 0 Å². The van der Waals surface area contributed by atoms with Crippen molar-refractivity contribution in [3.8, 4) is 0 Å². The van der Waals surface area contributed by atoms with Crippen molar-refractivity contribution in [2.75, 3.05) is 33.7 Å². The monoisotopic (exact) mass is 409 g/mol. The van der Waals surface area contributed by atoms with Gasteiger partial charge in [0.05, 0.1) is 11.4 Å². The molecule has 28 heavy (non-hydrogen) atoms. The molecule has 0 bridgehead atoms. The molecule has 1 aliphatic heterocycles. The zero-order valence-corrected chi connectivity index (χ0v) is 17.7. The van der Waals surface area contributed by atoms with E-state index in [9.17, 15) is 13.2 Å². The van der Waals surface area contributed by atoms with Crippen molar-refractivity contribution in [2.24, 2.45) is 10.9 Å². The van der Waals surface area contributed by atoms with E-state index in [4.69, 9.17) is 4.99 Å². The standard InChI is InChI=1S/C19H31N5O3S/c1-4-22-19(24-11-9-15(10-12-24)13-18(25)20-2)23-14-16-5-7-17(8-6-16)28(26,27)21-3/h5-8,15,21H,4,9-14H2,1-3H3,(H,20,25)(H,22,23). The minimum Gasteiger partial charge on any atom is -0.359 e. The van der Waals surface area contributed by atoms with Crippen molar-refractivity contribution in [2.45, 2.75) is 37.6 Å². The van der Waals surface area contributed by atoms with Crippen LogP contribution in [-0.4, -0.2) is 58.9 Å². The lowest BCUT2D eigenvalue weighted by Crippen LogP contribution is -2.46. The number of likely N-dealkylation sites (tertiary alicyclic amines) is 1. The number of amides is 1. The topological polar surface area (TPSA) is 103 Å². The Labute approximate surface area is 167 Å². The summed E-state index contributed by atoms with van der Waals surface area (Å²) in [6.45, 7) is 5.02. The van der Waals surface area contributed by atoms with Gasteiger partial charge in [0, 0.05) is 33.1 Å². The highest BCUT2D eigenvalue weighted by molar-refractivity contribution is 7.89. The Hall–Kier alpha value is -2.13. The maximum atomic E-state index is 11.8. The van der Waals surface area contributed by atoms with Crippen LogP contribution >= 0.6 is 0 Å². The smallest absolute Gasteiger partial charge is 0.240 e. The van der Waals surface area contributed by atoms with E-state index in [0.717, 1.165) is 44.0 Å². The zero-order valence-electron chi connectivity index (χ0n) is 16.9. The van der Waals surface area contributed by atoms with E-state index in [0.29, 0.717) is 18.9 Å². The number of hydrogen-bond donors (Lipinski definition) is 3. The van der Waals surface area contributed by atoms with Gasteiger partial charge in [-0.2, -0.15) is 0 Å². The van der Waals surface area contributed by atoms with Gasteiger partial charge in [0.25, 0.3) is 0 Å². The predicted molar refractivity (Wildman–Crippen MR) is 110 cm³/mol. The summed E-state index contributed by atoms with van der Waals surface area (Å²) in [6.07, 6.45) is 2.52. The highest BCUT2D eigenvalue weighted by Crippen LogP contribution is 2.20. The summed E-state index contributed by atoms with van der Waals surface area (Å²) in [6, 6.07) is 6.75. The number of hydrogen-bond acceptors (Lipinski definition) is 4. The lowest BCUT2D eigenvalue weighted by molar-refractivity contribution is -0.121. The van der Waals surface area contributed by atoms with E-state index in [1.165, 1.54) is 7.05 Å². The molecule has 0 aliphatic carbocycles. The molecule has 156 valence electrons. The van der Waals surface area contributed by atoms with Crippen LogP contribution in [0.25, 0.3) is 0 Å². The van der Waals surface area contributed by atoms with E-state index in [1.54, 1.807) is 31.3 Å². The molecule has 0 unspecified atom stereocenters. The second-order valence-electron chi connectivity index (χ2n) is 6.83. The normalized spacial score (nSPS) is 16.1.